The number of aliphatic hydroxyl groups excluding tert-OH is 1. The molecule has 1 aliphatic heterocycles. The molecule has 1 aromatic heterocycles. The number of rotatable bonds is 6. The highest BCUT2D eigenvalue weighted by molar-refractivity contribution is 5.83. The third kappa shape index (κ3) is 4.27. The normalized spacial score (nSPS) is 20.8. The summed E-state index contributed by atoms with van der Waals surface area (Å²) in [6.45, 7) is 3.04. The summed E-state index contributed by atoms with van der Waals surface area (Å²) in [5.41, 5.74) is 2.17. The zero-order valence-corrected chi connectivity index (χ0v) is 14.7. The van der Waals surface area contributed by atoms with E-state index in [9.17, 15) is 5.11 Å². The first-order valence-electron chi connectivity index (χ1n) is 8.72. The van der Waals surface area contributed by atoms with Gasteiger partial charge in [0, 0.05) is 50.3 Å². The fourth-order valence-corrected chi connectivity index (χ4v) is 3.29. The van der Waals surface area contributed by atoms with Gasteiger partial charge in [-0.25, -0.2) is 0 Å². The molecule has 134 valence electrons. The van der Waals surface area contributed by atoms with E-state index < -0.39 is 0 Å². The molecule has 0 radical (unpaired) electrons. The second-order valence-corrected chi connectivity index (χ2v) is 6.54. The van der Waals surface area contributed by atoms with Crippen molar-refractivity contribution in [2.24, 2.45) is 10.4 Å². The number of aromatic nitrogens is 1. The Kier molecular flexibility index (Phi) is 5.83. The molecule has 3 rings (SSSR count). The first-order chi connectivity index (χ1) is 12.3. The van der Waals surface area contributed by atoms with E-state index in [0.29, 0.717) is 13.2 Å². The van der Waals surface area contributed by atoms with Crippen molar-refractivity contribution in [3.63, 3.8) is 0 Å². The minimum atomic E-state index is -0.00423. The van der Waals surface area contributed by atoms with Crippen LogP contribution in [-0.2, 0) is 11.3 Å². The maximum atomic E-state index is 9.33. The quantitative estimate of drug-likeness (QED) is 0.550. The van der Waals surface area contributed by atoms with Crippen LogP contribution in [0.15, 0.2) is 41.5 Å². The number of hydrogen-bond acceptors (Lipinski definition) is 4. The van der Waals surface area contributed by atoms with E-state index >= 15 is 0 Å². The van der Waals surface area contributed by atoms with Crippen LogP contribution in [0.3, 0.4) is 0 Å². The Labute approximate surface area is 148 Å². The van der Waals surface area contributed by atoms with Gasteiger partial charge >= 0.3 is 0 Å². The van der Waals surface area contributed by atoms with Crippen LogP contribution in [0.25, 0.3) is 10.9 Å². The number of benzene rings is 1. The molecule has 6 nitrogen and oxygen atoms in total. The van der Waals surface area contributed by atoms with Gasteiger partial charge in [-0.15, -0.1) is 0 Å². The second-order valence-electron chi connectivity index (χ2n) is 6.54. The Bertz CT molecular complexity index is 721. The minimum absolute atomic E-state index is 0.00423. The average Bonchev–Trinajstić information content (AvgIpc) is 3.11. The Hall–Kier alpha value is -2.18. The molecule has 6 heteroatoms. The van der Waals surface area contributed by atoms with E-state index in [2.05, 4.69) is 26.7 Å². The van der Waals surface area contributed by atoms with E-state index in [1.165, 1.54) is 5.56 Å². The van der Waals surface area contributed by atoms with Crippen molar-refractivity contribution in [2.75, 3.05) is 33.4 Å². The van der Waals surface area contributed by atoms with Crippen LogP contribution in [-0.4, -0.2) is 49.5 Å². The van der Waals surface area contributed by atoms with Crippen molar-refractivity contribution in [1.82, 2.24) is 15.6 Å². The molecule has 1 fully saturated rings. The van der Waals surface area contributed by atoms with Crippen LogP contribution in [0, 0.1) is 5.41 Å². The summed E-state index contributed by atoms with van der Waals surface area (Å²) >= 11 is 0. The topological polar surface area (TPSA) is 78.8 Å². The molecule has 0 bridgehead atoms. The number of aliphatic hydroxyl groups is 1. The summed E-state index contributed by atoms with van der Waals surface area (Å²) in [7, 11) is 1.77. The number of fused-ring (bicyclic) bond motifs is 1. The van der Waals surface area contributed by atoms with Crippen molar-refractivity contribution in [2.45, 2.75) is 19.4 Å². The highest BCUT2D eigenvalue weighted by Gasteiger charge is 2.34. The van der Waals surface area contributed by atoms with Crippen molar-refractivity contribution < 1.29 is 9.84 Å². The largest absolute Gasteiger partial charge is 0.396 e. The third-order valence-corrected chi connectivity index (χ3v) is 4.87. The van der Waals surface area contributed by atoms with Crippen molar-refractivity contribution in [1.29, 1.82) is 0 Å². The Morgan fingerprint density at radius 3 is 2.96 bits per heavy atom. The predicted octanol–water partition coefficient (Wildman–Crippen LogP) is 1.69. The van der Waals surface area contributed by atoms with Gasteiger partial charge in [-0.1, -0.05) is 18.2 Å². The van der Waals surface area contributed by atoms with Crippen LogP contribution in [0.1, 0.15) is 18.4 Å². The molecular formula is C19H26N4O2. The molecule has 0 amide bonds. The summed E-state index contributed by atoms with van der Waals surface area (Å²) in [6.07, 6.45) is 3.54. The molecule has 2 heterocycles. The summed E-state index contributed by atoms with van der Waals surface area (Å²) in [4.78, 5) is 8.71. The first-order valence-corrected chi connectivity index (χ1v) is 8.72. The van der Waals surface area contributed by atoms with E-state index in [-0.39, 0.29) is 12.0 Å². The van der Waals surface area contributed by atoms with Gasteiger partial charge in [-0.05, 0) is 30.5 Å². The zero-order chi connectivity index (χ0) is 17.5. The Balaban J connectivity index is 1.61. The third-order valence-electron chi connectivity index (χ3n) is 4.87. The number of pyridine rings is 1. The molecular weight excluding hydrogens is 316 g/mol. The predicted molar refractivity (Wildman–Crippen MR) is 99.5 cm³/mol. The van der Waals surface area contributed by atoms with Gasteiger partial charge in [0.1, 0.15) is 0 Å². The van der Waals surface area contributed by atoms with Crippen molar-refractivity contribution in [3.8, 4) is 0 Å². The van der Waals surface area contributed by atoms with E-state index in [0.717, 1.165) is 42.9 Å². The zero-order valence-electron chi connectivity index (χ0n) is 14.7. The van der Waals surface area contributed by atoms with Crippen LogP contribution in [0.5, 0.6) is 0 Å². The standard InChI is InChI=1S/C19H26N4O2/c1-20-18(23-13-19(7-10-24)8-11-25-14-19)22-12-15-6-9-21-17-5-3-2-4-16(15)17/h2-6,9,24H,7-8,10-14H2,1H3,(H2,20,22,23). The number of hydrogen-bond donors (Lipinski definition) is 3. The maximum absolute atomic E-state index is 9.33. The fraction of sp³-hybridized carbons (Fsp3) is 0.474. The Morgan fingerprint density at radius 2 is 2.20 bits per heavy atom. The lowest BCUT2D eigenvalue weighted by Crippen LogP contribution is -2.44. The van der Waals surface area contributed by atoms with Crippen LogP contribution >= 0.6 is 0 Å². The summed E-state index contributed by atoms with van der Waals surface area (Å²) in [6, 6.07) is 10.2. The van der Waals surface area contributed by atoms with E-state index in [4.69, 9.17) is 4.74 Å². The van der Waals surface area contributed by atoms with Gasteiger partial charge in [0.2, 0.25) is 0 Å². The number of aliphatic imine (C=N–C) groups is 1. The molecule has 1 saturated heterocycles. The molecule has 1 atom stereocenters. The van der Waals surface area contributed by atoms with Gasteiger partial charge in [-0.2, -0.15) is 0 Å². The van der Waals surface area contributed by atoms with Crippen LogP contribution in [0.2, 0.25) is 0 Å². The van der Waals surface area contributed by atoms with Crippen molar-refractivity contribution in [3.05, 3.63) is 42.1 Å². The number of para-hydroxylation sites is 1. The molecule has 1 aromatic carbocycles. The molecule has 0 aliphatic carbocycles. The molecule has 0 saturated carbocycles. The fourth-order valence-electron chi connectivity index (χ4n) is 3.29. The molecule has 0 spiro atoms. The van der Waals surface area contributed by atoms with Gasteiger partial charge in [0.05, 0.1) is 12.1 Å². The van der Waals surface area contributed by atoms with E-state index in [1.54, 1.807) is 7.05 Å². The molecule has 1 unspecified atom stereocenters. The van der Waals surface area contributed by atoms with Gasteiger partial charge < -0.3 is 20.5 Å². The van der Waals surface area contributed by atoms with Gasteiger partial charge in [0.25, 0.3) is 0 Å². The SMILES string of the molecule is CN=C(NCc1ccnc2ccccc12)NCC1(CCO)CCOC1. The van der Waals surface area contributed by atoms with Crippen LogP contribution < -0.4 is 10.6 Å². The molecule has 3 N–H and O–H groups in total. The second kappa shape index (κ2) is 8.27. The summed E-state index contributed by atoms with van der Waals surface area (Å²) in [5.74, 6) is 0.755. The summed E-state index contributed by atoms with van der Waals surface area (Å²) in [5, 5.41) is 17.2. The van der Waals surface area contributed by atoms with Gasteiger partial charge in [-0.3, -0.25) is 9.98 Å². The lowest BCUT2D eigenvalue weighted by Gasteiger charge is -2.27. The number of nitrogens with zero attached hydrogens (tertiary/aromatic N) is 2. The van der Waals surface area contributed by atoms with Crippen molar-refractivity contribution >= 4 is 16.9 Å². The Morgan fingerprint density at radius 1 is 1.32 bits per heavy atom. The first kappa shape index (κ1) is 17.6. The van der Waals surface area contributed by atoms with E-state index in [1.807, 2.05) is 30.5 Å². The van der Waals surface area contributed by atoms with Gasteiger partial charge in [0.15, 0.2) is 5.96 Å². The highest BCUT2D eigenvalue weighted by atomic mass is 16.5. The highest BCUT2D eigenvalue weighted by Crippen LogP contribution is 2.31. The van der Waals surface area contributed by atoms with Crippen LogP contribution in [0.4, 0.5) is 0 Å². The molecule has 1 aliphatic rings. The molecule has 25 heavy (non-hydrogen) atoms. The number of nitrogens with one attached hydrogen (secondary N) is 2. The maximum Gasteiger partial charge on any atom is 0.191 e. The smallest absolute Gasteiger partial charge is 0.191 e. The molecule has 2 aromatic rings. The monoisotopic (exact) mass is 342 g/mol. The minimum Gasteiger partial charge on any atom is -0.396 e. The number of guanidine groups is 1. The number of ether oxygens (including phenoxy) is 1. The summed E-state index contributed by atoms with van der Waals surface area (Å²) < 4.78 is 5.54. The lowest BCUT2D eigenvalue weighted by molar-refractivity contribution is 0.127. The lowest BCUT2D eigenvalue weighted by atomic mass is 9.84. The average molecular weight is 342 g/mol.